The van der Waals surface area contributed by atoms with E-state index in [1.165, 1.54) is 0 Å². The third-order valence-corrected chi connectivity index (χ3v) is 3.86. The number of β-amino-alcohol motifs (C(OH)–C–C–N with tert-alkyl or cyclic N) is 1. The molecular weight excluding hydrogens is 243 g/mol. The Bertz CT molecular complexity index is 291. The highest BCUT2D eigenvalue weighted by molar-refractivity contribution is 6.08. The van der Waals surface area contributed by atoms with Gasteiger partial charge in [-0.05, 0) is 32.2 Å². The van der Waals surface area contributed by atoms with Gasteiger partial charge in [0.25, 0.3) is 0 Å². The van der Waals surface area contributed by atoms with Crippen LogP contribution in [0.5, 0.6) is 0 Å². The van der Waals surface area contributed by atoms with E-state index in [9.17, 15) is 15.0 Å². The maximum atomic E-state index is 11.3. The predicted molar refractivity (Wildman–Crippen MR) is 75.3 cm³/mol. The van der Waals surface area contributed by atoms with Crippen molar-refractivity contribution in [3.05, 3.63) is 0 Å². The molecule has 1 aliphatic heterocycles. The maximum Gasteiger partial charge on any atom is 0.323 e. The SMILES string of the molecule is [B]CCCC[C@@](N)(CCN1CCC[C@H](O)C1)C(=O)O. The number of likely N-dealkylation sites (tertiary alicyclic amines) is 1. The molecule has 0 aromatic rings. The largest absolute Gasteiger partial charge is 0.480 e. The summed E-state index contributed by atoms with van der Waals surface area (Å²) in [7, 11) is 5.42. The molecule has 1 rings (SSSR count). The van der Waals surface area contributed by atoms with Gasteiger partial charge in [0.2, 0.25) is 0 Å². The molecule has 6 heteroatoms. The molecule has 0 unspecified atom stereocenters. The first-order valence-corrected chi connectivity index (χ1v) is 7.11. The van der Waals surface area contributed by atoms with Crippen LogP contribution < -0.4 is 5.73 Å². The number of rotatable bonds is 8. The normalized spacial score (nSPS) is 24.0. The summed E-state index contributed by atoms with van der Waals surface area (Å²) in [6.07, 6.45) is 4.47. The van der Waals surface area contributed by atoms with E-state index < -0.39 is 11.5 Å². The zero-order chi connectivity index (χ0) is 14.3. The van der Waals surface area contributed by atoms with Crippen LogP contribution >= 0.6 is 0 Å². The number of carboxylic acid groups (broad SMARTS) is 1. The van der Waals surface area contributed by atoms with Gasteiger partial charge < -0.3 is 20.8 Å². The van der Waals surface area contributed by atoms with E-state index in [1.54, 1.807) is 0 Å². The third-order valence-electron chi connectivity index (χ3n) is 3.86. The van der Waals surface area contributed by atoms with Crippen molar-refractivity contribution in [1.82, 2.24) is 4.90 Å². The van der Waals surface area contributed by atoms with Crippen LogP contribution in [0.15, 0.2) is 0 Å². The lowest BCUT2D eigenvalue weighted by molar-refractivity contribution is -0.144. The summed E-state index contributed by atoms with van der Waals surface area (Å²) in [5.41, 5.74) is 4.83. The predicted octanol–water partition coefficient (Wildman–Crippen LogP) is 0.372. The number of aliphatic carboxylic acids is 1. The van der Waals surface area contributed by atoms with Crippen molar-refractivity contribution < 1.29 is 15.0 Å². The van der Waals surface area contributed by atoms with Gasteiger partial charge in [0.15, 0.2) is 0 Å². The van der Waals surface area contributed by atoms with E-state index in [-0.39, 0.29) is 6.10 Å². The highest BCUT2D eigenvalue weighted by Crippen LogP contribution is 2.19. The number of piperidine rings is 1. The first kappa shape index (κ1) is 16.5. The second-order valence-corrected chi connectivity index (χ2v) is 5.55. The van der Waals surface area contributed by atoms with Gasteiger partial charge in [-0.2, -0.15) is 0 Å². The molecule has 0 aromatic carbocycles. The van der Waals surface area contributed by atoms with E-state index in [0.717, 1.165) is 32.2 Å². The van der Waals surface area contributed by atoms with Gasteiger partial charge in [0, 0.05) is 13.1 Å². The molecule has 19 heavy (non-hydrogen) atoms. The summed E-state index contributed by atoms with van der Waals surface area (Å²) < 4.78 is 0. The van der Waals surface area contributed by atoms with E-state index >= 15 is 0 Å². The molecule has 1 heterocycles. The molecule has 0 saturated carbocycles. The molecule has 2 atom stereocenters. The van der Waals surface area contributed by atoms with Crippen molar-refractivity contribution in [1.29, 1.82) is 0 Å². The van der Waals surface area contributed by atoms with Crippen LogP contribution in [0.3, 0.4) is 0 Å². The zero-order valence-corrected chi connectivity index (χ0v) is 11.6. The fraction of sp³-hybridized carbons (Fsp3) is 0.923. The third kappa shape index (κ3) is 5.51. The van der Waals surface area contributed by atoms with E-state index in [1.807, 2.05) is 0 Å². The molecule has 0 spiro atoms. The quantitative estimate of drug-likeness (QED) is 0.437. The number of aliphatic hydroxyl groups excluding tert-OH is 1. The Morgan fingerprint density at radius 3 is 2.74 bits per heavy atom. The number of hydrogen-bond acceptors (Lipinski definition) is 4. The first-order valence-electron chi connectivity index (χ1n) is 7.11. The summed E-state index contributed by atoms with van der Waals surface area (Å²) >= 11 is 0. The highest BCUT2D eigenvalue weighted by atomic mass is 16.4. The zero-order valence-electron chi connectivity index (χ0n) is 11.6. The summed E-state index contributed by atoms with van der Waals surface area (Å²) in [5, 5.41) is 18.9. The van der Waals surface area contributed by atoms with Crippen LogP contribution in [0.25, 0.3) is 0 Å². The average molecular weight is 268 g/mol. The van der Waals surface area contributed by atoms with E-state index in [4.69, 9.17) is 13.6 Å². The van der Waals surface area contributed by atoms with Gasteiger partial charge in [-0.1, -0.05) is 19.2 Å². The summed E-state index contributed by atoms with van der Waals surface area (Å²) in [4.78, 5) is 13.4. The lowest BCUT2D eigenvalue weighted by Crippen LogP contribution is -2.51. The smallest absolute Gasteiger partial charge is 0.323 e. The van der Waals surface area contributed by atoms with Crippen LogP contribution in [0.1, 0.15) is 38.5 Å². The first-order chi connectivity index (χ1) is 8.98. The van der Waals surface area contributed by atoms with Crippen LogP contribution in [0.4, 0.5) is 0 Å². The number of nitrogens with zero attached hydrogens (tertiary/aromatic N) is 1. The average Bonchev–Trinajstić information content (AvgIpc) is 2.37. The molecule has 1 aliphatic rings. The van der Waals surface area contributed by atoms with Crippen molar-refractivity contribution >= 4 is 13.8 Å². The summed E-state index contributed by atoms with van der Waals surface area (Å²) in [5.74, 6) is -0.943. The summed E-state index contributed by atoms with van der Waals surface area (Å²) in [6, 6.07) is 0. The van der Waals surface area contributed by atoms with Crippen molar-refractivity contribution in [2.75, 3.05) is 19.6 Å². The Kier molecular flexibility index (Phi) is 6.82. The number of nitrogens with two attached hydrogens (primary N) is 1. The van der Waals surface area contributed by atoms with E-state index in [0.29, 0.717) is 32.3 Å². The second kappa shape index (κ2) is 7.87. The Labute approximate surface area is 116 Å². The molecule has 0 aromatic heterocycles. The maximum absolute atomic E-state index is 11.3. The van der Waals surface area contributed by atoms with Gasteiger partial charge in [0.05, 0.1) is 14.0 Å². The van der Waals surface area contributed by atoms with Crippen molar-refractivity contribution in [3.8, 4) is 0 Å². The van der Waals surface area contributed by atoms with E-state index in [2.05, 4.69) is 4.90 Å². The minimum absolute atomic E-state index is 0.289. The van der Waals surface area contributed by atoms with Gasteiger partial charge in [-0.25, -0.2) is 0 Å². The van der Waals surface area contributed by atoms with Gasteiger partial charge in [0.1, 0.15) is 5.54 Å². The Morgan fingerprint density at radius 1 is 1.42 bits per heavy atom. The van der Waals surface area contributed by atoms with Crippen molar-refractivity contribution in [2.45, 2.75) is 56.5 Å². The van der Waals surface area contributed by atoms with Crippen LogP contribution in [0.2, 0.25) is 6.32 Å². The number of aliphatic hydroxyl groups is 1. The molecule has 0 bridgehead atoms. The Hall–Kier alpha value is -0.585. The van der Waals surface area contributed by atoms with Crippen molar-refractivity contribution in [3.63, 3.8) is 0 Å². The molecule has 5 nitrogen and oxygen atoms in total. The molecule has 1 fully saturated rings. The fourth-order valence-electron chi connectivity index (χ4n) is 2.52. The van der Waals surface area contributed by atoms with Crippen molar-refractivity contribution in [2.24, 2.45) is 5.73 Å². The molecule has 4 N–H and O–H groups in total. The molecular formula is C13H25BN2O3. The number of carbonyl (C=O) groups is 1. The molecule has 0 aliphatic carbocycles. The Balaban J connectivity index is 2.41. The molecule has 0 amide bonds. The highest BCUT2D eigenvalue weighted by Gasteiger charge is 2.33. The standard InChI is InChI=1S/C13H25BN2O3/c14-7-2-1-5-13(15,12(18)19)6-9-16-8-3-4-11(17)10-16/h11,17H,1-10,15H2,(H,18,19)/t11-,13+/m0/s1. The minimum Gasteiger partial charge on any atom is -0.480 e. The summed E-state index contributed by atoms with van der Waals surface area (Å²) in [6.45, 7) is 2.16. The van der Waals surface area contributed by atoms with Gasteiger partial charge >= 0.3 is 5.97 Å². The fourth-order valence-corrected chi connectivity index (χ4v) is 2.52. The number of hydrogen-bond donors (Lipinski definition) is 3. The van der Waals surface area contributed by atoms with Gasteiger partial charge in [-0.15, -0.1) is 0 Å². The van der Waals surface area contributed by atoms with Crippen LogP contribution in [-0.4, -0.2) is 60.2 Å². The second-order valence-electron chi connectivity index (χ2n) is 5.55. The monoisotopic (exact) mass is 268 g/mol. The lowest BCUT2D eigenvalue weighted by Gasteiger charge is -2.33. The van der Waals surface area contributed by atoms with Crippen LogP contribution in [-0.2, 0) is 4.79 Å². The molecule has 108 valence electrons. The molecule has 2 radical (unpaired) electrons. The van der Waals surface area contributed by atoms with Gasteiger partial charge in [-0.3, -0.25) is 4.79 Å². The number of unbranched alkanes of at least 4 members (excludes halogenated alkanes) is 1. The topological polar surface area (TPSA) is 86.8 Å². The molecule has 1 saturated heterocycles. The van der Waals surface area contributed by atoms with Crippen LogP contribution in [0, 0.1) is 0 Å². The number of carboxylic acids is 1. The minimum atomic E-state index is -1.17. The Morgan fingerprint density at radius 2 is 2.16 bits per heavy atom. The lowest BCUT2D eigenvalue weighted by atomic mass is 9.87.